The van der Waals surface area contributed by atoms with Gasteiger partial charge in [0.15, 0.2) is 0 Å². The third-order valence-corrected chi connectivity index (χ3v) is 3.96. The summed E-state index contributed by atoms with van der Waals surface area (Å²) in [5.74, 6) is 1.12. The smallest absolute Gasteiger partial charge is 0.228 e. The first-order valence-corrected chi connectivity index (χ1v) is 7.35. The van der Waals surface area contributed by atoms with Crippen molar-refractivity contribution in [2.75, 3.05) is 19.8 Å². The maximum atomic E-state index is 12.7. The van der Waals surface area contributed by atoms with Crippen LogP contribution < -0.4 is 4.74 Å². The molecular formula is C16H21NO3. The number of benzene rings is 1. The SMILES string of the molecule is C[C@@H]1CN(C(=O)[C@@H]2CCCOC2)Cc2ccccc2O1. The Labute approximate surface area is 119 Å². The zero-order valence-corrected chi connectivity index (χ0v) is 11.9. The molecule has 2 heterocycles. The summed E-state index contributed by atoms with van der Waals surface area (Å²) in [6.07, 6.45) is 1.94. The number of amides is 1. The second-order valence-electron chi connectivity index (χ2n) is 5.67. The minimum Gasteiger partial charge on any atom is -0.489 e. The van der Waals surface area contributed by atoms with Crippen molar-refractivity contribution in [1.29, 1.82) is 0 Å². The van der Waals surface area contributed by atoms with Gasteiger partial charge in [-0.1, -0.05) is 18.2 Å². The molecule has 1 fully saturated rings. The standard InChI is InChI=1S/C16H21NO3/c1-12-9-17(16(18)14-6-4-8-19-11-14)10-13-5-2-3-7-15(13)20-12/h2-3,5,7,12,14H,4,6,8-11H2,1H3/t12-,14-/m1/s1. The average molecular weight is 275 g/mol. The first-order chi connectivity index (χ1) is 9.74. The second-order valence-corrected chi connectivity index (χ2v) is 5.67. The van der Waals surface area contributed by atoms with Crippen molar-refractivity contribution < 1.29 is 14.3 Å². The molecule has 2 aliphatic rings. The summed E-state index contributed by atoms with van der Waals surface area (Å²) in [4.78, 5) is 14.6. The topological polar surface area (TPSA) is 38.8 Å². The molecular weight excluding hydrogens is 254 g/mol. The third-order valence-electron chi connectivity index (χ3n) is 3.96. The van der Waals surface area contributed by atoms with Crippen LogP contribution in [0.15, 0.2) is 24.3 Å². The molecule has 108 valence electrons. The summed E-state index contributed by atoms with van der Waals surface area (Å²) >= 11 is 0. The first-order valence-electron chi connectivity index (χ1n) is 7.35. The molecule has 4 nitrogen and oxygen atoms in total. The number of ether oxygens (including phenoxy) is 2. The number of hydrogen-bond donors (Lipinski definition) is 0. The van der Waals surface area contributed by atoms with Crippen LogP contribution in [0.4, 0.5) is 0 Å². The van der Waals surface area contributed by atoms with Gasteiger partial charge in [-0.05, 0) is 25.8 Å². The van der Waals surface area contributed by atoms with Crippen LogP contribution in [-0.4, -0.2) is 36.7 Å². The summed E-state index contributed by atoms with van der Waals surface area (Å²) in [6.45, 7) is 4.64. The van der Waals surface area contributed by atoms with Crippen LogP contribution in [0.1, 0.15) is 25.3 Å². The Morgan fingerprint density at radius 2 is 2.20 bits per heavy atom. The highest BCUT2D eigenvalue weighted by Crippen LogP contribution is 2.26. The number of fused-ring (bicyclic) bond motifs is 1. The number of rotatable bonds is 1. The van der Waals surface area contributed by atoms with E-state index in [2.05, 4.69) is 0 Å². The van der Waals surface area contributed by atoms with Gasteiger partial charge in [0.25, 0.3) is 0 Å². The third kappa shape index (κ3) is 2.80. The Hall–Kier alpha value is -1.55. The van der Waals surface area contributed by atoms with E-state index in [9.17, 15) is 4.79 Å². The lowest BCUT2D eigenvalue weighted by Gasteiger charge is -2.29. The Kier molecular flexibility index (Phi) is 3.92. The van der Waals surface area contributed by atoms with Gasteiger partial charge in [-0.15, -0.1) is 0 Å². The van der Waals surface area contributed by atoms with Gasteiger partial charge in [0, 0.05) is 18.7 Å². The fourth-order valence-electron chi connectivity index (χ4n) is 2.95. The highest BCUT2D eigenvalue weighted by Gasteiger charge is 2.30. The molecule has 1 saturated heterocycles. The number of para-hydroxylation sites is 1. The molecule has 0 aliphatic carbocycles. The average Bonchev–Trinajstić information content (AvgIpc) is 2.65. The number of carbonyl (C=O) groups excluding carboxylic acids is 1. The van der Waals surface area contributed by atoms with Crippen LogP contribution in [0.3, 0.4) is 0 Å². The zero-order chi connectivity index (χ0) is 13.9. The summed E-state index contributed by atoms with van der Waals surface area (Å²) in [5.41, 5.74) is 1.09. The fourth-order valence-corrected chi connectivity index (χ4v) is 2.95. The summed E-state index contributed by atoms with van der Waals surface area (Å²) in [5, 5.41) is 0. The van der Waals surface area contributed by atoms with Gasteiger partial charge in [0.2, 0.25) is 5.91 Å². The van der Waals surface area contributed by atoms with Crippen LogP contribution >= 0.6 is 0 Å². The van der Waals surface area contributed by atoms with Crippen molar-refractivity contribution in [3.8, 4) is 5.75 Å². The quantitative estimate of drug-likeness (QED) is 0.789. The van der Waals surface area contributed by atoms with E-state index in [4.69, 9.17) is 9.47 Å². The van der Waals surface area contributed by atoms with Crippen LogP contribution in [0.2, 0.25) is 0 Å². The minimum atomic E-state index is 0.0150. The number of hydrogen-bond acceptors (Lipinski definition) is 3. The van der Waals surface area contributed by atoms with E-state index in [1.807, 2.05) is 36.1 Å². The zero-order valence-electron chi connectivity index (χ0n) is 11.9. The van der Waals surface area contributed by atoms with Crippen molar-refractivity contribution in [2.24, 2.45) is 5.92 Å². The van der Waals surface area contributed by atoms with Crippen LogP contribution in [0.5, 0.6) is 5.75 Å². The first kappa shape index (κ1) is 13.4. The molecule has 0 radical (unpaired) electrons. The van der Waals surface area contributed by atoms with E-state index in [-0.39, 0.29) is 17.9 Å². The van der Waals surface area contributed by atoms with Crippen molar-refractivity contribution in [3.63, 3.8) is 0 Å². The Morgan fingerprint density at radius 1 is 1.35 bits per heavy atom. The maximum absolute atomic E-state index is 12.7. The van der Waals surface area contributed by atoms with E-state index in [1.165, 1.54) is 0 Å². The van der Waals surface area contributed by atoms with Gasteiger partial charge < -0.3 is 14.4 Å². The number of carbonyl (C=O) groups is 1. The highest BCUT2D eigenvalue weighted by molar-refractivity contribution is 5.79. The predicted molar refractivity (Wildman–Crippen MR) is 75.5 cm³/mol. The molecule has 2 atom stereocenters. The molecule has 1 aromatic rings. The normalized spacial score (nSPS) is 26.4. The molecule has 3 rings (SSSR count). The van der Waals surface area contributed by atoms with Crippen molar-refractivity contribution >= 4 is 5.91 Å². The van der Waals surface area contributed by atoms with Gasteiger partial charge in [-0.3, -0.25) is 4.79 Å². The molecule has 20 heavy (non-hydrogen) atoms. The van der Waals surface area contributed by atoms with Gasteiger partial charge in [-0.25, -0.2) is 0 Å². The molecule has 0 saturated carbocycles. The molecule has 0 aromatic heterocycles. The van der Waals surface area contributed by atoms with E-state index in [0.717, 1.165) is 30.8 Å². The highest BCUT2D eigenvalue weighted by atomic mass is 16.5. The molecule has 0 unspecified atom stereocenters. The van der Waals surface area contributed by atoms with E-state index in [1.54, 1.807) is 0 Å². The lowest BCUT2D eigenvalue weighted by molar-refractivity contribution is -0.141. The second kappa shape index (κ2) is 5.83. The lowest BCUT2D eigenvalue weighted by atomic mass is 10.00. The number of nitrogens with zero attached hydrogens (tertiary/aromatic N) is 1. The molecule has 4 heteroatoms. The lowest BCUT2D eigenvalue weighted by Crippen LogP contribution is -2.42. The predicted octanol–water partition coefficient (Wildman–Crippen LogP) is 2.22. The molecule has 0 bridgehead atoms. The molecule has 2 aliphatic heterocycles. The molecule has 1 aromatic carbocycles. The van der Waals surface area contributed by atoms with Crippen molar-refractivity contribution in [2.45, 2.75) is 32.4 Å². The molecule has 1 amide bonds. The molecule has 0 spiro atoms. The summed E-state index contributed by atoms with van der Waals surface area (Å²) in [7, 11) is 0. The summed E-state index contributed by atoms with van der Waals surface area (Å²) < 4.78 is 11.3. The van der Waals surface area contributed by atoms with Crippen LogP contribution in [0.25, 0.3) is 0 Å². The van der Waals surface area contributed by atoms with Crippen molar-refractivity contribution in [1.82, 2.24) is 4.90 Å². The molecule has 0 N–H and O–H groups in total. The maximum Gasteiger partial charge on any atom is 0.228 e. The van der Waals surface area contributed by atoms with E-state index in [0.29, 0.717) is 19.7 Å². The monoisotopic (exact) mass is 275 g/mol. The largest absolute Gasteiger partial charge is 0.489 e. The fraction of sp³-hybridized carbons (Fsp3) is 0.562. The minimum absolute atomic E-state index is 0.0150. The summed E-state index contributed by atoms with van der Waals surface area (Å²) in [6, 6.07) is 7.97. The van der Waals surface area contributed by atoms with Crippen molar-refractivity contribution in [3.05, 3.63) is 29.8 Å². The van der Waals surface area contributed by atoms with Gasteiger partial charge in [0.1, 0.15) is 11.9 Å². The Morgan fingerprint density at radius 3 is 3.00 bits per heavy atom. The van der Waals surface area contributed by atoms with Gasteiger partial charge in [0.05, 0.1) is 19.1 Å². The van der Waals surface area contributed by atoms with E-state index < -0.39 is 0 Å². The van der Waals surface area contributed by atoms with E-state index >= 15 is 0 Å². The van der Waals surface area contributed by atoms with Gasteiger partial charge >= 0.3 is 0 Å². The van der Waals surface area contributed by atoms with Crippen LogP contribution in [-0.2, 0) is 16.1 Å². The van der Waals surface area contributed by atoms with Crippen LogP contribution in [0, 0.1) is 5.92 Å². The Balaban J connectivity index is 1.77. The van der Waals surface area contributed by atoms with Gasteiger partial charge in [-0.2, -0.15) is 0 Å². The Bertz CT molecular complexity index is 482.